The molecule has 2 heterocycles. The van der Waals surface area contributed by atoms with Gasteiger partial charge in [-0.25, -0.2) is 4.98 Å². The molecule has 2 aromatic carbocycles. The fraction of sp³-hybridized carbons (Fsp3) is 0.391. The molecule has 0 unspecified atom stereocenters. The Bertz CT molecular complexity index is 954. The summed E-state index contributed by atoms with van der Waals surface area (Å²) >= 11 is 0. The predicted molar refractivity (Wildman–Crippen MR) is 121 cm³/mol. The van der Waals surface area contributed by atoms with Crippen molar-refractivity contribution in [2.45, 2.75) is 19.9 Å². The zero-order valence-electron chi connectivity index (χ0n) is 17.4. The number of hydrogen-bond acceptors (Lipinski definition) is 3. The number of anilines is 1. The number of guanidine groups is 1. The number of aryl methyl sites for hydroxylation is 2. The van der Waals surface area contributed by atoms with E-state index >= 15 is 0 Å². The highest BCUT2D eigenvalue weighted by molar-refractivity contribution is 5.80. The number of aromatic nitrogens is 2. The van der Waals surface area contributed by atoms with Gasteiger partial charge < -0.3 is 19.7 Å². The van der Waals surface area contributed by atoms with Gasteiger partial charge in [0.05, 0.1) is 11.0 Å². The van der Waals surface area contributed by atoms with Gasteiger partial charge in [-0.2, -0.15) is 0 Å². The van der Waals surface area contributed by atoms with Crippen LogP contribution in [0.15, 0.2) is 59.6 Å². The molecule has 0 bridgehead atoms. The fourth-order valence-electron chi connectivity index (χ4n) is 4.06. The molecule has 4 rings (SSSR count). The van der Waals surface area contributed by atoms with Crippen LogP contribution in [0.5, 0.6) is 0 Å². The maximum atomic E-state index is 4.65. The van der Waals surface area contributed by atoms with Gasteiger partial charge in [-0.3, -0.25) is 4.99 Å². The van der Waals surface area contributed by atoms with E-state index in [9.17, 15) is 0 Å². The van der Waals surface area contributed by atoms with Gasteiger partial charge in [-0.15, -0.1) is 0 Å². The Morgan fingerprint density at radius 1 is 1.00 bits per heavy atom. The van der Waals surface area contributed by atoms with Gasteiger partial charge in [-0.1, -0.05) is 30.3 Å². The summed E-state index contributed by atoms with van der Waals surface area (Å²) in [6.45, 7) is 7.95. The SMILES string of the molecule is CN=C(NCCCn1c(C)nc2ccccc21)N1CCN(c2ccccc2)CC1. The molecular formula is C23H30N6. The molecule has 1 saturated heterocycles. The molecule has 3 aromatic rings. The Morgan fingerprint density at radius 3 is 2.48 bits per heavy atom. The minimum atomic E-state index is 0.900. The number of imidazole rings is 1. The minimum absolute atomic E-state index is 0.900. The molecule has 0 aliphatic carbocycles. The standard InChI is InChI=1S/C23H30N6/c1-19-26-21-11-6-7-12-22(21)29(19)14-8-13-25-23(24-2)28-17-15-27(16-18-28)20-9-4-3-5-10-20/h3-7,9-12H,8,13-18H2,1-2H3,(H,24,25). The predicted octanol–water partition coefficient (Wildman–Crippen LogP) is 3.13. The van der Waals surface area contributed by atoms with E-state index in [4.69, 9.17) is 0 Å². The van der Waals surface area contributed by atoms with Crippen molar-refractivity contribution >= 4 is 22.7 Å². The molecule has 0 amide bonds. The van der Waals surface area contributed by atoms with Crippen molar-refractivity contribution in [3.8, 4) is 0 Å². The second kappa shape index (κ2) is 8.99. The van der Waals surface area contributed by atoms with Gasteiger partial charge >= 0.3 is 0 Å². The summed E-state index contributed by atoms with van der Waals surface area (Å²) < 4.78 is 2.30. The lowest BCUT2D eigenvalue weighted by atomic mass is 10.2. The number of para-hydroxylation sites is 3. The Morgan fingerprint density at radius 2 is 1.72 bits per heavy atom. The maximum Gasteiger partial charge on any atom is 0.193 e. The Labute approximate surface area is 172 Å². The zero-order valence-corrected chi connectivity index (χ0v) is 17.4. The van der Waals surface area contributed by atoms with E-state index in [2.05, 4.69) is 85.1 Å². The molecule has 6 heteroatoms. The number of fused-ring (bicyclic) bond motifs is 1. The largest absolute Gasteiger partial charge is 0.368 e. The first-order valence-corrected chi connectivity index (χ1v) is 10.4. The molecule has 0 saturated carbocycles. The highest BCUT2D eigenvalue weighted by atomic mass is 15.3. The molecule has 6 nitrogen and oxygen atoms in total. The fourth-order valence-corrected chi connectivity index (χ4v) is 4.06. The van der Waals surface area contributed by atoms with Gasteiger partial charge in [0, 0.05) is 52.0 Å². The van der Waals surface area contributed by atoms with E-state index < -0.39 is 0 Å². The van der Waals surface area contributed by atoms with Gasteiger partial charge in [0.1, 0.15) is 5.82 Å². The van der Waals surface area contributed by atoms with Gasteiger partial charge in [0.15, 0.2) is 5.96 Å². The maximum absolute atomic E-state index is 4.65. The van der Waals surface area contributed by atoms with Crippen LogP contribution < -0.4 is 10.2 Å². The summed E-state index contributed by atoms with van der Waals surface area (Å²) in [5.41, 5.74) is 3.59. The summed E-state index contributed by atoms with van der Waals surface area (Å²) in [5, 5.41) is 3.55. The lowest BCUT2D eigenvalue weighted by Gasteiger charge is -2.37. The van der Waals surface area contributed by atoms with E-state index in [1.165, 1.54) is 11.2 Å². The third-order valence-corrected chi connectivity index (χ3v) is 5.60. The second-order valence-electron chi connectivity index (χ2n) is 7.44. The number of hydrogen-bond donors (Lipinski definition) is 1. The summed E-state index contributed by atoms with van der Waals surface area (Å²) in [6, 6.07) is 19.0. The monoisotopic (exact) mass is 390 g/mol. The molecule has 29 heavy (non-hydrogen) atoms. The van der Waals surface area contributed by atoms with Crippen LogP contribution in [0.4, 0.5) is 5.69 Å². The Hall–Kier alpha value is -3.02. The van der Waals surface area contributed by atoms with Crippen LogP contribution in [-0.4, -0.2) is 60.2 Å². The van der Waals surface area contributed by atoms with Crippen LogP contribution in [0.25, 0.3) is 11.0 Å². The Balaban J connectivity index is 1.26. The normalized spacial score (nSPS) is 15.2. The third kappa shape index (κ3) is 4.36. The van der Waals surface area contributed by atoms with Gasteiger partial charge in [-0.05, 0) is 37.6 Å². The molecule has 0 spiro atoms. The van der Waals surface area contributed by atoms with Crippen molar-refractivity contribution in [3.63, 3.8) is 0 Å². The molecule has 1 N–H and O–H groups in total. The highest BCUT2D eigenvalue weighted by Gasteiger charge is 2.19. The van der Waals surface area contributed by atoms with Gasteiger partial charge in [0.2, 0.25) is 0 Å². The molecule has 152 valence electrons. The first-order chi connectivity index (χ1) is 14.3. The van der Waals surface area contributed by atoms with E-state index in [1.54, 1.807) is 0 Å². The van der Waals surface area contributed by atoms with Crippen LogP contribution in [-0.2, 0) is 6.54 Å². The zero-order chi connectivity index (χ0) is 20.1. The van der Waals surface area contributed by atoms with E-state index in [0.29, 0.717) is 0 Å². The van der Waals surface area contributed by atoms with Gasteiger partial charge in [0.25, 0.3) is 0 Å². The van der Waals surface area contributed by atoms with Crippen molar-refractivity contribution in [1.82, 2.24) is 19.8 Å². The molecular weight excluding hydrogens is 360 g/mol. The van der Waals surface area contributed by atoms with Crippen molar-refractivity contribution in [2.24, 2.45) is 4.99 Å². The highest BCUT2D eigenvalue weighted by Crippen LogP contribution is 2.16. The van der Waals surface area contributed by atoms with Crippen molar-refractivity contribution in [1.29, 1.82) is 0 Å². The van der Waals surface area contributed by atoms with Crippen molar-refractivity contribution in [2.75, 3.05) is 44.7 Å². The topological polar surface area (TPSA) is 48.7 Å². The molecule has 0 radical (unpaired) electrons. The lowest BCUT2D eigenvalue weighted by molar-refractivity contribution is 0.372. The molecule has 1 aliphatic heterocycles. The molecule has 1 aromatic heterocycles. The van der Waals surface area contributed by atoms with Crippen LogP contribution >= 0.6 is 0 Å². The average Bonchev–Trinajstić information content (AvgIpc) is 3.10. The van der Waals surface area contributed by atoms with Crippen molar-refractivity contribution < 1.29 is 0 Å². The molecule has 1 fully saturated rings. The lowest BCUT2D eigenvalue weighted by Crippen LogP contribution is -2.52. The van der Waals surface area contributed by atoms with E-state index in [-0.39, 0.29) is 0 Å². The van der Waals surface area contributed by atoms with Crippen LogP contribution in [0.1, 0.15) is 12.2 Å². The van der Waals surface area contributed by atoms with Crippen molar-refractivity contribution in [3.05, 3.63) is 60.4 Å². The smallest absolute Gasteiger partial charge is 0.193 e. The quantitative estimate of drug-likeness (QED) is 0.413. The summed E-state index contributed by atoms with van der Waals surface area (Å²) in [4.78, 5) is 14.0. The minimum Gasteiger partial charge on any atom is -0.368 e. The first kappa shape index (κ1) is 19.3. The number of benzene rings is 2. The third-order valence-electron chi connectivity index (χ3n) is 5.60. The summed E-state index contributed by atoms with van der Waals surface area (Å²) in [6.07, 6.45) is 1.03. The number of rotatable bonds is 5. The summed E-state index contributed by atoms with van der Waals surface area (Å²) in [7, 11) is 1.87. The van der Waals surface area contributed by atoms with E-state index in [1.807, 2.05) is 13.1 Å². The number of piperazine rings is 1. The first-order valence-electron chi connectivity index (χ1n) is 10.4. The number of nitrogens with zero attached hydrogens (tertiary/aromatic N) is 5. The van der Waals surface area contributed by atoms with Crippen LogP contribution in [0.3, 0.4) is 0 Å². The Kier molecular flexibility index (Phi) is 5.98. The second-order valence-corrected chi connectivity index (χ2v) is 7.44. The number of nitrogens with one attached hydrogen (secondary N) is 1. The average molecular weight is 391 g/mol. The molecule has 1 aliphatic rings. The van der Waals surface area contributed by atoms with Crippen LogP contribution in [0, 0.1) is 6.92 Å². The molecule has 0 atom stereocenters. The number of aliphatic imine (C=N–C) groups is 1. The van der Waals surface area contributed by atoms with E-state index in [0.717, 1.165) is 63.0 Å². The summed E-state index contributed by atoms with van der Waals surface area (Å²) in [5.74, 6) is 2.08. The van der Waals surface area contributed by atoms with Crippen LogP contribution in [0.2, 0.25) is 0 Å².